The van der Waals surface area contributed by atoms with Crippen molar-refractivity contribution in [3.63, 3.8) is 0 Å². The number of aliphatic hydroxyl groups is 1. The largest absolute Gasteiger partial charge is 0.387 e. The molecule has 0 radical (unpaired) electrons. The third-order valence-electron chi connectivity index (χ3n) is 2.88. The van der Waals surface area contributed by atoms with Crippen molar-refractivity contribution in [2.75, 3.05) is 32.9 Å². The van der Waals surface area contributed by atoms with Gasteiger partial charge in [-0.2, -0.15) is 0 Å². The van der Waals surface area contributed by atoms with Gasteiger partial charge in [-0.25, -0.2) is 0 Å². The minimum absolute atomic E-state index is 0.122. The van der Waals surface area contributed by atoms with Crippen LogP contribution in [-0.4, -0.2) is 49.7 Å². The van der Waals surface area contributed by atoms with Crippen molar-refractivity contribution in [2.24, 2.45) is 0 Å². The van der Waals surface area contributed by atoms with Crippen LogP contribution in [0.1, 0.15) is 12.8 Å². The van der Waals surface area contributed by atoms with E-state index < -0.39 is 5.60 Å². The van der Waals surface area contributed by atoms with Crippen molar-refractivity contribution in [1.29, 1.82) is 0 Å². The van der Waals surface area contributed by atoms with Gasteiger partial charge in [-0.1, -0.05) is 0 Å². The molecule has 2 saturated heterocycles. The fraction of sp³-hybridized carbons (Fsp3) is 1.00. The van der Waals surface area contributed by atoms with Crippen molar-refractivity contribution in [2.45, 2.75) is 24.5 Å². The van der Waals surface area contributed by atoms with Gasteiger partial charge in [-0.3, -0.25) is 0 Å². The second-order valence-corrected chi connectivity index (χ2v) is 3.79. The van der Waals surface area contributed by atoms with Crippen LogP contribution in [0.3, 0.4) is 0 Å². The summed E-state index contributed by atoms with van der Waals surface area (Å²) < 4.78 is 10.8. The lowest BCUT2D eigenvalue weighted by Gasteiger charge is -2.40. The summed E-state index contributed by atoms with van der Waals surface area (Å²) in [4.78, 5) is 0. The van der Waals surface area contributed by atoms with Crippen molar-refractivity contribution >= 4 is 0 Å². The third kappa shape index (κ3) is 2.02. The molecule has 0 aliphatic carbocycles. The van der Waals surface area contributed by atoms with E-state index in [4.69, 9.17) is 9.47 Å². The second-order valence-electron chi connectivity index (χ2n) is 3.79. The van der Waals surface area contributed by atoms with Gasteiger partial charge in [-0.05, 0) is 25.9 Å². The summed E-state index contributed by atoms with van der Waals surface area (Å²) in [5.74, 6) is 0. The first-order valence-corrected chi connectivity index (χ1v) is 4.94. The van der Waals surface area contributed by atoms with E-state index in [9.17, 15) is 5.11 Å². The summed E-state index contributed by atoms with van der Waals surface area (Å²) in [5, 5.41) is 13.5. The van der Waals surface area contributed by atoms with Crippen LogP contribution >= 0.6 is 0 Å². The summed E-state index contributed by atoms with van der Waals surface area (Å²) in [6.45, 7) is 3.55. The van der Waals surface area contributed by atoms with Crippen LogP contribution in [0.4, 0.5) is 0 Å². The number of hydrogen-bond donors (Lipinski definition) is 2. The van der Waals surface area contributed by atoms with E-state index in [1.165, 1.54) is 0 Å². The molecular weight excluding hydrogens is 170 g/mol. The zero-order valence-corrected chi connectivity index (χ0v) is 7.79. The molecule has 2 aliphatic rings. The Labute approximate surface area is 78.2 Å². The molecule has 1 atom stereocenters. The van der Waals surface area contributed by atoms with E-state index in [2.05, 4.69) is 5.32 Å². The highest BCUT2D eigenvalue weighted by molar-refractivity contribution is 4.92. The van der Waals surface area contributed by atoms with Crippen LogP contribution in [0, 0.1) is 0 Å². The van der Waals surface area contributed by atoms with Gasteiger partial charge in [0.2, 0.25) is 0 Å². The number of piperidine rings is 1. The van der Waals surface area contributed by atoms with E-state index in [-0.39, 0.29) is 6.10 Å². The lowest BCUT2D eigenvalue weighted by molar-refractivity contribution is -0.182. The van der Waals surface area contributed by atoms with Crippen molar-refractivity contribution < 1.29 is 14.6 Å². The lowest BCUT2D eigenvalue weighted by Crippen LogP contribution is -2.54. The first kappa shape index (κ1) is 9.40. The van der Waals surface area contributed by atoms with Gasteiger partial charge in [0.1, 0.15) is 6.10 Å². The van der Waals surface area contributed by atoms with Crippen LogP contribution in [0.25, 0.3) is 0 Å². The normalized spacial score (nSPS) is 34.4. The Hall–Kier alpha value is -0.160. The molecule has 4 nitrogen and oxygen atoms in total. The summed E-state index contributed by atoms with van der Waals surface area (Å²) in [6, 6.07) is 0. The Morgan fingerprint density at radius 3 is 2.62 bits per heavy atom. The molecule has 1 unspecified atom stereocenters. The molecule has 13 heavy (non-hydrogen) atoms. The Morgan fingerprint density at radius 1 is 1.23 bits per heavy atom. The molecule has 2 N–H and O–H groups in total. The van der Waals surface area contributed by atoms with E-state index >= 15 is 0 Å². The second kappa shape index (κ2) is 3.92. The minimum atomic E-state index is -0.661. The van der Waals surface area contributed by atoms with E-state index in [0.29, 0.717) is 19.8 Å². The monoisotopic (exact) mass is 187 g/mol. The van der Waals surface area contributed by atoms with Crippen molar-refractivity contribution in [3.05, 3.63) is 0 Å². The predicted molar refractivity (Wildman–Crippen MR) is 47.6 cm³/mol. The zero-order valence-electron chi connectivity index (χ0n) is 7.79. The van der Waals surface area contributed by atoms with Gasteiger partial charge in [0, 0.05) is 0 Å². The van der Waals surface area contributed by atoms with Crippen LogP contribution in [0.2, 0.25) is 0 Å². The van der Waals surface area contributed by atoms with Crippen LogP contribution in [0.5, 0.6) is 0 Å². The van der Waals surface area contributed by atoms with E-state index in [1.807, 2.05) is 0 Å². The molecule has 2 fully saturated rings. The Kier molecular flexibility index (Phi) is 2.83. The lowest BCUT2D eigenvalue weighted by atomic mass is 9.87. The molecule has 0 aromatic rings. The summed E-state index contributed by atoms with van der Waals surface area (Å²) in [6.07, 6.45) is 1.41. The summed E-state index contributed by atoms with van der Waals surface area (Å²) in [5.41, 5.74) is -0.661. The SMILES string of the molecule is OC1(C2COCCO2)CCNCC1. The van der Waals surface area contributed by atoms with Crippen molar-refractivity contribution in [3.8, 4) is 0 Å². The number of rotatable bonds is 1. The Bertz CT molecular complexity index is 162. The first-order chi connectivity index (χ1) is 6.31. The van der Waals surface area contributed by atoms with Crippen LogP contribution in [-0.2, 0) is 9.47 Å². The zero-order chi connectivity index (χ0) is 9.15. The number of ether oxygens (including phenoxy) is 2. The van der Waals surface area contributed by atoms with Gasteiger partial charge in [-0.15, -0.1) is 0 Å². The van der Waals surface area contributed by atoms with Crippen molar-refractivity contribution in [1.82, 2.24) is 5.32 Å². The highest BCUT2D eigenvalue weighted by Gasteiger charge is 2.39. The van der Waals surface area contributed by atoms with Gasteiger partial charge in [0.05, 0.1) is 25.4 Å². The quantitative estimate of drug-likeness (QED) is 0.582. The first-order valence-electron chi connectivity index (χ1n) is 4.94. The molecule has 0 amide bonds. The van der Waals surface area contributed by atoms with Gasteiger partial charge in [0.15, 0.2) is 0 Å². The Morgan fingerprint density at radius 2 is 2.00 bits per heavy atom. The van der Waals surface area contributed by atoms with Crippen LogP contribution < -0.4 is 5.32 Å². The fourth-order valence-corrected chi connectivity index (χ4v) is 1.98. The molecular formula is C9H17NO3. The average Bonchev–Trinajstić information content (AvgIpc) is 2.20. The smallest absolute Gasteiger partial charge is 0.110 e. The van der Waals surface area contributed by atoms with Gasteiger partial charge < -0.3 is 19.9 Å². The molecule has 0 aromatic carbocycles. The maximum absolute atomic E-state index is 10.3. The Balaban J connectivity index is 1.94. The van der Waals surface area contributed by atoms with E-state index in [1.54, 1.807) is 0 Å². The van der Waals surface area contributed by atoms with Crippen LogP contribution in [0.15, 0.2) is 0 Å². The summed E-state index contributed by atoms with van der Waals surface area (Å²) >= 11 is 0. The third-order valence-corrected chi connectivity index (χ3v) is 2.88. The molecule has 76 valence electrons. The topological polar surface area (TPSA) is 50.7 Å². The molecule has 2 rings (SSSR count). The van der Waals surface area contributed by atoms with E-state index in [0.717, 1.165) is 25.9 Å². The molecule has 2 aliphatic heterocycles. The fourth-order valence-electron chi connectivity index (χ4n) is 1.98. The van der Waals surface area contributed by atoms with Gasteiger partial charge >= 0.3 is 0 Å². The molecule has 0 saturated carbocycles. The maximum atomic E-state index is 10.3. The number of hydrogen-bond acceptors (Lipinski definition) is 4. The maximum Gasteiger partial charge on any atom is 0.110 e. The molecule has 0 spiro atoms. The summed E-state index contributed by atoms with van der Waals surface area (Å²) in [7, 11) is 0. The number of nitrogens with one attached hydrogen (secondary N) is 1. The highest BCUT2D eigenvalue weighted by Crippen LogP contribution is 2.26. The standard InChI is InChI=1S/C9H17NO3/c11-9(1-3-10-4-2-9)8-7-12-5-6-13-8/h8,10-11H,1-7H2. The predicted octanol–water partition coefficient (Wildman–Crippen LogP) is -0.484. The molecule has 0 bridgehead atoms. The highest BCUT2D eigenvalue weighted by atomic mass is 16.6. The average molecular weight is 187 g/mol. The molecule has 4 heteroatoms. The minimum Gasteiger partial charge on any atom is -0.387 e. The van der Waals surface area contributed by atoms with Gasteiger partial charge in [0.25, 0.3) is 0 Å². The molecule has 2 heterocycles. The molecule has 0 aromatic heterocycles.